The largest absolute Gasteiger partial charge is 0.253 e. The SMILES string of the molecule is Cc1nc(-c2ccccc2)ccc1C(C)C. The third-order valence-corrected chi connectivity index (χ3v) is 2.82. The van der Waals surface area contributed by atoms with Crippen molar-refractivity contribution in [3.8, 4) is 11.3 Å². The van der Waals surface area contributed by atoms with Crippen molar-refractivity contribution in [1.29, 1.82) is 0 Å². The molecule has 0 aliphatic heterocycles. The predicted molar refractivity (Wildman–Crippen MR) is 68.5 cm³/mol. The zero-order chi connectivity index (χ0) is 11.5. The molecular formula is C15H17N. The maximum absolute atomic E-state index is 4.66. The molecule has 0 spiro atoms. The van der Waals surface area contributed by atoms with Gasteiger partial charge in [-0.3, -0.25) is 4.98 Å². The van der Waals surface area contributed by atoms with Crippen molar-refractivity contribution in [2.75, 3.05) is 0 Å². The van der Waals surface area contributed by atoms with E-state index in [9.17, 15) is 0 Å². The van der Waals surface area contributed by atoms with Gasteiger partial charge < -0.3 is 0 Å². The minimum Gasteiger partial charge on any atom is -0.253 e. The van der Waals surface area contributed by atoms with Crippen LogP contribution >= 0.6 is 0 Å². The Balaban J connectivity index is 2.43. The first kappa shape index (κ1) is 10.9. The van der Waals surface area contributed by atoms with Gasteiger partial charge in [-0.15, -0.1) is 0 Å². The van der Waals surface area contributed by atoms with Crippen LogP contribution in [0.2, 0.25) is 0 Å². The topological polar surface area (TPSA) is 12.9 Å². The minimum atomic E-state index is 0.539. The predicted octanol–water partition coefficient (Wildman–Crippen LogP) is 4.18. The van der Waals surface area contributed by atoms with Gasteiger partial charge in [0.2, 0.25) is 0 Å². The van der Waals surface area contributed by atoms with Crippen LogP contribution in [0, 0.1) is 6.92 Å². The van der Waals surface area contributed by atoms with Gasteiger partial charge in [0.05, 0.1) is 5.69 Å². The number of nitrogens with zero attached hydrogens (tertiary/aromatic N) is 1. The van der Waals surface area contributed by atoms with Gasteiger partial charge in [0, 0.05) is 11.3 Å². The molecule has 1 aromatic carbocycles. The Morgan fingerprint density at radius 1 is 0.938 bits per heavy atom. The van der Waals surface area contributed by atoms with E-state index in [1.165, 1.54) is 11.1 Å². The summed E-state index contributed by atoms with van der Waals surface area (Å²) in [7, 11) is 0. The summed E-state index contributed by atoms with van der Waals surface area (Å²) in [6.45, 7) is 6.49. The van der Waals surface area contributed by atoms with E-state index in [0.29, 0.717) is 5.92 Å². The van der Waals surface area contributed by atoms with Crippen molar-refractivity contribution >= 4 is 0 Å². The third kappa shape index (κ3) is 2.13. The minimum absolute atomic E-state index is 0.539. The average molecular weight is 211 g/mol. The highest BCUT2D eigenvalue weighted by atomic mass is 14.7. The average Bonchev–Trinajstić information content (AvgIpc) is 2.29. The van der Waals surface area contributed by atoms with Crippen LogP contribution in [0.5, 0.6) is 0 Å². The van der Waals surface area contributed by atoms with Crippen LogP contribution in [0.4, 0.5) is 0 Å². The maximum atomic E-state index is 4.66. The molecule has 0 atom stereocenters. The van der Waals surface area contributed by atoms with Crippen LogP contribution in [0.1, 0.15) is 31.0 Å². The zero-order valence-electron chi connectivity index (χ0n) is 10.1. The molecule has 1 heterocycles. The standard InChI is InChI=1S/C15H17N/c1-11(2)14-9-10-15(16-12(14)3)13-7-5-4-6-8-13/h4-11H,1-3H3. The second-order valence-electron chi connectivity index (χ2n) is 4.39. The van der Waals surface area contributed by atoms with Gasteiger partial charge in [-0.2, -0.15) is 0 Å². The normalized spacial score (nSPS) is 10.8. The summed E-state index contributed by atoms with van der Waals surface area (Å²) < 4.78 is 0. The number of hydrogen-bond acceptors (Lipinski definition) is 1. The smallest absolute Gasteiger partial charge is 0.0705 e. The lowest BCUT2D eigenvalue weighted by atomic mass is 10.0. The van der Waals surface area contributed by atoms with E-state index in [0.717, 1.165) is 11.4 Å². The second-order valence-corrected chi connectivity index (χ2v) is 4.39. The van der Waals surface area contributed by atoms with Crippen LogP contribution in [-0.4, -0.2) is 4.98 Å². The molecular weight excluding hydrogens is 194 g/mol. The van der Waals surface area contributed by atoms with Gasteiger partial charge >= 0.3 is 0 Å². The molecule has 0 saturated heterocycles. The highest BCUT2D eigenvalue weighted by molar-refractivity contribution is 5.59. The van der Waals surface area contributed by atoms with Gasteiger partial charge in [-0.25, -0.2) is 0 Å². The fourth-order valence-electron chi connectivity index (χ4n) is 1.95. The van der Waals surface area contributed by atoms with E-state index in [1.807, 2.05) is 18.2 Å². The van der Waals surface area contributed by atoms with E-state index in [2.05, 4.69) is 50.0 Å². The summed E-state index contributed by atoms with van der Waals surface area (Å²) in [5.41, 5.74) is 4.71. The lowest BCUT2D eigenvalue weighted by Gasteiger charge is -2.10. The summed E-state index contributed by atoms with van der Waals surface area (Å²) in [6.07, 6.45) is 0. The molecule has 0 N–H and O–H groups in total. The Bertz CT molecular complexity index is 472. The van der Waals surface area contributed by atoms with Crippen LogP contribution in [0.15, 0.2) is 42.5 Å². The summed E-state index contributed by atoms with van der Waals surface area (Å²) in [5.74, 6) is 0.539. The molecule has 0 aliphatic rings. The van der Waals surface area contributed by atoms with Gasteiger partial charge in [-0.1, -0.05) is 50.2 Å². The molecule has 2 aromatic rings. The van der Waals surface area contributed by atoms with Crippen molar-refractivity contribution in [3.63, 3.8) is 0 Å². The number of benzene rings is 1. The molecule has 1 heteroatoms. The summed E-state index contributed by atoms with van der Waals surface area (Å²) >= 11 is 0. The molecule has 82 valence electrons. The summed E-state index contributed by atoms with van der Waals surface area (Å²) in [4.78, 5) is 4.66. The maximum Gasteiger partial charge on any atom is 0.0705 e. The van der Waals surface area contributed by atoms with Gasteiger partial charge in [0.1, 0.15) is 0 Å². The number of hydrogen-bond donors (Lipinski definition) is 0. The second kappa shape index (κ2) is 4.48. The molecule has 0 saturated carbocycles. The van der Waals surface area contributed by atoms with Gasteiger partial charge in [0.15, 0.2) is 0 Å². The van der Waals surface area contributed by atoms with Crippen LogP contribution in [-0.2, 0) is 0 Å². The van der Waals surface area contributed by atoms with E-state index >= 15 is 0 Å². The number of aromatic nitrogens is 1. The lowest BCUT2D eigenvalue weighted by Crippen LogP contribution is -1.96. The van der Waals surface area contributed by atoms with Crippen molar-refractivity contribution in [3.05, 3.63) is 53.7 Å². The molecule has 0 fully saturated rings. The Hall–Kier alpha value is -1.63. The molecule has 2 rings (SSSR count). The first-order chi connectivity index (χ1) is 7.68. The molecule has 0 unspecified atom stereocenters. The van der Waals surface area contributed by atoms with E-state index in [4.69, 9.17) is 0 Å². The lowest BCUT2D eigenvalue weighted by molar-refractivity contribution is 0.844. The molecule has 0 amide bonds. The third-order valence-electron chi connectivity index (χ3n) is 2.82. The van der Waals surface area contributed by atoms with Crippen molar-refractivity contribution in [1.82, 2.24) is 4.98 Å². The van der Waals surface area contributed by atoms with Crippen LogP contribution < -0.4 is 0 Å². The fourth-order valence-corrected chi connectivity index (χ4v) is 1.95. The van der Waals surface area contributed by atoms with Crippen molar-refractivity contribution in [2.45, 2.75) is 26.7 Å². The van der Waals surface area contributed by atoms with E-state index < -0.39 is 0 Å². The van der Waals surface area contributed by atoms with E-state index in [1.54, 1.807) is 0 Å². The highest BCUT2D eigenvalue weighted by Gasteiger charge is 2.06. The molecule has 0 bridgehead atoms. The number of pyridine rings is 1. The van der Waals surface area contributed by atoms with Gasteiger partial charge in [0.25, 0.3) is 0 Å². The Kier molecular flexibility index (Phi) is 3.04. The molecule has 1 aromatic heterocycles. The number of aryl methyl sites for hydroxylation is 1. The monoisotopic (exact) mass is 211 g/mol. The quantitative estimate of drug-likeness (QED) is 0.726. The summed E-state index contributed by atoms with van der Waals surface area (Å²) in [5, 5.41) is 0. The van der Waals surface area contributed by atoms with Crippen molar-refractivity contribution in [2.24, 2.45) is 0 Å². The van der Waals surface area contributed by atoms with E-state index in [-0.39, 0.29) is 0 Å². The summed E-state index contributed by atoms with van der Waals surface area (Å²) in [6, 6.07) is 14.6. The Morgan fingerprint density at radius 2 is 1.62 bits per heavy atom. The fraction of sp³-hybridized carbons (Fsp3) is 0.267. The highest BCUT2D eigenvalue weighted by Crippen LogP contribution is 2.22. The Labute approximate surface area is 97.2 Å². The number of rotatable bonds is 2. The van der Waals surface area contributed by atoms with Gasteiger partial charge in [-0.05, 0) is 24.5 Å². The first-order valence-corrected chi connectivity index (χ1v) is 5.71. The van der Waals surface area contributed by atoms with Crippen LogP contribution in [0.25, 0.3) is 11.3 Å². The first-order valence-electron chi connectivity index (χ1n) is 5.71. The molecule has 1 nitrogen and oxygen atoms in total. The zero-order valence-corrected chi connectivity index (χ0v) is 10.1. The molecule has 0 aliphatic carbocycles. The Morgan fingerprint density at radius 3 is 2.19 bits per heavy atom. The van der Waals surface area contributed by atoms with Crippen LogP contribution in [0.3, 0.4) is 0 Å². The molecule has 0 radical (unpaired) electrons. The molecule has 16 heavy (non-hydrogen) atoms. The van der Waals surface area contributed by atoms with Crippen molar-refractivity contribution < 1.29 is 0 Å².